The molecule has 3 amide bonds. The molecule has 0 bridgehead atoms. The first-order valence-electron chi connectivity index (χ1n) is 14.8. The zero-order valence-electron chi connectivity index (χ0n) is 25.6. The maximum atomic E-state index is 13.7. The van der Waals surface area contributed by atoms with Crippen molar-refractivity contribution in [3.63, 3.8) is 0 Å². The number of nitrogens with one attached hydrogen (secondary N) is 1. The molecule has 3 heterocycles. The Hall–Kier alpha value is -4.12. The van der Waals surface area contributed by atoms with E-state index in [4.69, 9.17) is 9.47 Å². The molecule has 11 nitrogen and oxygen atoms in total. The normalized spacial score (nSPS) is 18.7. The fourth-order valence-corrected chi connectivity index (χ4v) is 6.00. The van der Waals surface area contributed by atoms with Gasteiger partial charge < -0.3 is 14.8 Å². The fourth-order valence-electron chi connectivity index (χ4n) is 6.00. The number of hydrogen-bond acceptors (Lipinski definition) is 7. The molecule has 5 rings (SSSR count). The van der Waals surface area contributed by atoms with E-state index in [0.717, 1.165) is 42.6 Å². The van der Waals surface area contributed by atoms with E-state index < -0.39 is 12.1 Å². The van der Waals surface area contributed by atoms with Crippen LogP contribution in [-0.2, 0) is 34.5 Å². The molecule has 43 heavy (non-hydrogen) atoms. The number of piperidine rings is 2. The van der Waals surface area contributed by atoms with Crippen LogP contribution in [0.15, 0.2) is 47.3 Å². The number of rotatable bonds is 7. The SMILES string of the molecule is COc1ccc(CN2C(=O)CCC(n3c(=O)n(C)c4c(CN5CCC(OC(=O)NC(C)(C)C)CC5)cccc43)C2=O)cc1. The van der Waals surface area contributed by atoms with Crippen LogP contribution >= 0.6 is 0 Å². The molecular weight excluding hydrogens is 550 g/mol. The number of para-hydroxylation sites is 1. The second-order valence-electron chi connectivity index (χ2n) is 12.5. The summed E-state index contributed by atoms with van der Waals surface area (Å²) in [6.07, 6.45) is 1.37. The first kappa shape index (κ1) is 30.3. The van der Waals surface area contributed by atoms with Gasteiger partial charge in [0.2, 0.25) is 5.91 Å². The molecule has 0 saturated carbocycles. The van der Waals surface area contributed by atoms with E-state index in [1.54, 1.807) is 35.4 Å². The van der Waals surface area contributed by atoms with Crippen molar-refractivity contribution in [2.45, 2.75) is 77.2 Å². The molecule has 0 radical (unpaired) electrons. The van der Waals surface area contributed by atoms with Crippen LogP contribution in [0.3, 0.4) is 0 Å². The van der Waals surface area contributed by atoms with Crippen molar-refractivity contribution in [1.29, 1.82) is 0 Å². The average molecular weight is 592 g/mol. The van der Waals surface area contributed by atoms with Crippen LogP contribution in [0.4, 0.5) is 4.79 Å². The summed E-state index contributed by atoms with van der Waals surface area (Å²) in [5.74, 6) is 0.0798. The van der Waals surface area contributed by atoms with Crippen LogP contribution in [-0.4, -0.2) is 68.7 Å². The quantitative estimate of drug-likeness (QED) is 0.417. The fraction of sp³-hybridized carbons (Fsp3) is 0.500. The molecule has 2 aliphatic heterocycles. The maximum Gasteiger partial charge on any atom is 0.407 e. The Morgan fingerprint density at radius 1 is 0.977 bits per heavy atom. The van der Waals surface area contributed by atoms with Gasteiger partial charge in [-0.1, -0.05) is 24.3 Å². The van der Waals surface area contributed by atoms with Crippen LogP contribution in [0.2, 0.25) is 0 Å². The van der Waals surface area contributed by atoms with Crippen LogP contribution in [0.5, 0.6) is 5.75 Å². The van der Waals surface area contributed by atoms with E-state index >= 15 is 0 Å². The lowest BCUT2D eigenvalue weighted by Crippen LogP contribution is -2.47. The Labute approximate surface area is 251 Å². The monoisotopic (exact) mass is 591 g/mol. The minimum Gasteiger partial charge on any atom is -0.497 e. The summed E-state index contributed by atoms with van der Waals surface area (Å²) >= 11 is 0. The largest absolute Gasteiger partial charge is 0.497 e. The number of aromatic nitrogens is 2. The molecule has 1 unspecified atom stereocenters. The predicted octanol–water partition coefficient (Wildman–Crippen LogP) is 3.73. The van der Waals surface area contributed by atoms with Gasteiger partial charge in [-0.05, 0) is 69.4 Å². The van der Waals surface area contributed by atoms with Crippen molar-refractivity contribution >= 4 is 28.9 Å². The molecule has 1 atom stereocenters. The molecule has 11 heteroatoms. The molecule has 2 aromatic carbocycles. The van der Waals surface area contributed by atoms with E-state index in [1.807, 2.05) is 51.1 Å². The number of nitrogens with zero attached hydrogens (tertiary/aromatic N) is 4. The van der Waals surface area contributed by atoms with Crippen molar-refractivity contribution < 1.29 is 23.9 Å². The Morgan fingerprint density at radius 2 is 1.67 bits per heavy atom. The summed E-state index contributed by atoms with van der Waals surface area (Å²) in [6, 6.07) is 12.3. The standard InChI is InChI=1S/C32H41N5O6/c1-32(2,3)33-30(40)43-24-15-17-35(18-16-24)20-22-7-6-8-25-28(22)34(4)31(41)37(25)26-13-14-27(38)36(29(26)39)19-21-9-11-23(42-5)12-10-21/h6-12,24,26H,13-20H2,1-5H3,(H,33,40). The third-order valence-corrected chi connectivity index (χ3v) is 8.16. The van der Waals surface area contributed by atoms with Gasteiger partial charge in [-0.3, -0.25) is 28.5 Å². The van der Waals surface area contributed by atoms with E-state index in [0.29, 0.717) is 17.8 Å². The van der Waals surface area contributed by atoms with Crippen molar-refractivity contribution in [1.82, 2.24) is 24.3 Å². The van der Waals surface area contributed by atoms with E-state index in [2.05, 4.69) is 10.2 Å². The number of imide groups is 1. The smallest absolute Gasteiger partial charge is 0.407 e. The van der Waals surface area contributed by atoms with Crippen LogP contribution < -0.4 is 15.7 Å². The highest BCUT2D eigenvalue weighted by molar-refractivity contribution is 6.00. The Bertz CT molecular complexity index is 1560. The number of amides is 3. The van der Waals surface area contributed by atoms with E-state index in [-0.39, 0.29) is 48.5 Å². The molecular formula is C32H41N5O6. The number of likely N-dealkylation sites (tertiary alicyclic amines) is 2. The molecule has 0 spiro atoms. The van der Waals surface area contributed by atoms with Crippen LogP contribution in [0.1, 0.15) is 63.6 Å². The van der Waals surface area contributed by atoms with Gasteiger partial charge >= 0.3 is 11.8 Å². The number of hydrogen-bond donors (Lipinski definition) is 1. The molecule has 0 aliphatic carbocycles. The molecule has 2 fully saturated rings. The van der Waals surface area contributed by atoms with Gasteiger partial charge in [-0.2, -0.15) is 0 Å². The lowest BCUT2D eigenvalue weighted by molar-refractivity contribution is -0.151. The number of alkyl carbamates (subject to hydrolysis) is 1. The summed E-state index contributed by atoms with van der Waals surface area (Å²) in [5.41, 5.74) is 2.61. The molecule has 230 valence electrons. The van der Waals surface area contributed by atoms with Crippen LogP contribution in [0.25, 0.3) is 11.0 Å². The van der Waals surface area contributed by atoms with Crippen molar-refractivity contribution in [2.24, 2.45) is 7.05 Å². The Kier molecular flexibility index (Phi) is 8.64. The maximum absolute atomic E-state index is 13.7. The number of methoxy groups -OCH3 is 1. The highest BCUT2D eigenvalue weighted by Gasteiger charge is 2.37. The number of imidazole rings is 1. The zero-order chi connectivity index (χ0) is 30.9. The van der Waals surface area contributed by atoms with Crippen molar-refractivity contribution in [3.05, 3.63) is 64.1 Å². The Balaban J connectivity index is 1.32. The number of ether oxygens (including phenoxy) is 2. The second-order valence-corrected chi connectivity index (χ2v) is 12.5. The summed E-state index contributed by atoms with van der Waals surface area (Å²) in [6.45, 7) is 8.02. The summed E-state index contributed by atoms with van der Waals surface area (Å²) in [7, 11) is 3.31. The number of aryl methyl sites for hydroxylation is 1. The summed E-state index contributed by atoms with van der Waals surface area (Å²) in [4.78, 5) is 55.9. The van der Waals surface area contributed by atoms with Gasteiger partial charge in [0.25, 0.3) is 5.91 Å². The minimum absolute atomic E-state index is 0.138. The van der Waals surface area contributed by atoms with Crippen molar-refractivity contribution in [2.75, 3.05) is 20.2 Å². The topological polar surface area (TPSA) is 115 Å². The number of carbonyl (C=O) groups is 3. The van der Waals surface area contributed by atoms with E-state index in [1.165, 1.54) is 4.90 Å². The molecule has 1 aromatic heterocycles. The first-order valence-corrected chi connectivity index (χ1v) is 14.8. The molecule has 1 N–H and O–H groups in total. The Morgan fingerprint density at radius 3 is 2.33 bits per heavy atom. The zero-order valence-corrected chi connectivity index (χ0v) is 25.6. The number of benzene rings is 2. The predicted molar refractivity (Wildman–Crippen MR) is 162 cm³/mol. The number of fused-ring (bicyclic) bond motifs is 1. The summed E-state index contributed by atoms with van der Waals surface area (Å²) in [5, 5.41) is 2.84. The minimum atomic E-state index is -0.769. The van der Waals surface area contributed by atoms with Gasteiger partial charge in [0.15, 0.2) is 0 Å². The second kappa shape index (κ2) is 12.2. The highest BCUT2D eigenvalue weighted by atomic mass is 16.6. The highest BCUT2D eigenvalue weighted by Crippen LogP contribution is 2.30. The lowest BCUT2D eigenvalue weighted by Gasteiger charge is -2.32. The van der Waals surface area contributed by atoms with Crippen LogP contribution in [0, 0.1) is 0 Å². The molecule has 2 saturated heterocycles. The average Bonchev–Trinajstić information content (AvgIpc) is 3.21. The first-order chi connectivity index (χ1) is 20.4. The van der Waals surface area contributed by atoms with Gasteiger partial charge in [0.05, 0.1) is 24.7 Å². The van der Waals surface area contributed by atoms with Gasteiger partial charge in [-0.25, -0.2) is 9.59 Å². The third-order valence-electron chi connectivity index (χ3n) is 8.16. The van der Waals surface area contributed by atoms with Crippen molar-refractivity contribution in [3.8, 4) is 5.75 Å². The van der Waals surface area contributed by atoms with E-state index in [9.17, 15) is 19.2 Å². The lowest BCUT2D eigenvalue weighted by atomic mass is 10.0. The number of carbonyl (C=O) groups excluding carboxylic acids is 3. The van der Waals surface area contributed by atoms with Gasteiger partial charge in [0.1, 0.15) is 17.9 Å². The van der Waals surface area contributed by atoms with Gasteiger partial charge in [-0.15, -0.1) is 0 Å². The third kappa shape index (κ3) is 6.61. The summed E-state index contributed by atoms with van der Waals surface area (Å²) < 4.78 is 14.0. The van der Waals surface area contributed by atoms with Gasteiger partial charge in [0, 0.05) is 38.6 Å². The molecule has 2 aliphatic rings. The molecule has 3 aromatic rings.